The highest BCUT2D eigenvalue weighted by atomic mass is 31.2. The number of quaternary nitrogens is 1. The molecule has 0 aromatic heterocycles. The summed E-state index contributed by atoms with van der Waals surface area (Å²) in [5, 5.41) is 13.7. The number of likely N-dealkylation sites (N-methyl/N-ethyl adjacent to an activating group) is 1. The molecule has 3 atom stereocenters. The third-order valence-corrected chi connectivity index (χ3v) is 8.81. The number of nitrogens with one attached hydrogen (secondary N) is 1. The van der Waals surface area contributed by atoms with Gasteiger partial charge in [-0.2, -0.15) is 0 Å². The van der Waals surface area contributed by atoms with Crippen LogP contribution in [0.1, 0.15) is 123 Å². The van der Waals surface area contributed by atoms with Crippen LogP contribution in [0.4, 0.5) is 0 Å². The average Bonchev–Trinajstić information content (AvgIpc) is 3.07. The van der Waals surface area contributed by atoms with Crippen molar-refractivity contribution in [1.29, 1.82) is 0 Å². The van der Waals surface area contributed by atoms with Gasteiger partial charge in [0.25, 0.3) is 0 Å². The summed E-state index contributed by atoms with van der Waals surface area (Å²) in [5.41, 5.74) is 0. The smallest absolute Gasteiger partial charge is 0.387 e. The van der Waals surface area contributed by atoms with Crippen molar-refractivity contribution in [3.63, 3.8) is 0 Å². The second kappa shape index (κ2) is 33.5. The summed E-state index contributed by atoms with van der Waals surface area (Å²) >= 11 is 0. The summed E-state index contributed by atoms with van der Waals surface area (Å²) in [6.07, 6.45) is 45.1. The predicted octanol–water partition coefficient (Wildman–Crippen LogP) is 10.2. The highest BCUT2D eigenvalue weighted by Crippen LogP contribution is 2.43. The number of nitrogens with zero attached hydrogens (tertiary/aromatic N) is 1. The van der Waals surface area contributed by atoms with Crippen LogP contribution in [0.15, 0.2) is 85.1 Å². The van der Waals surface area contributed by atoms with E-state index in [1.807, 2.05) is 27.2 Å². The van der Waals surface area contributed by atoms with E-state index in [1.165, 1.54) is 12.8 Å². The van der Waals surface area contributed by atoms with Gasteiger partial charge >= 0.3 is 7.82 Å². The molecule has 8 nitrogen and oxygen atoms in total. The molecule has 0 spiro atoms. The van der Waals surface area contributed by atoms with E-state index in [1.54, 1.807) is 6.08 Å². The Kier molecular flexibility index (Phi) is 32.0. The quantitative estimate of drug-likeness (QED) is 0.0268. The van der Waals surface area contributed by atoms with Crippen molar-refractivity contribution in [2.24, 2.45) is 0 Å². The van der Waals surface area contributed by atoms with Crippen molar-refractivity contribution in [3.05, 3.63) is 85.1 Å². The molecule has 0 aliphatic carbocycles. The lowest BCUT2D eigenvalue weighted by molar-refractivity contribution is -0.870. The van der Waals surface area contributed by atoms with E-state index < -0.39 is 20.0 Å². The van der Waals surface area contributed by atoms with E-state index in [0.717, 1.165) is 89.9 Å². The van der Waals surface area contributed by atoms with E-state index >= 15 is 0 Å². The minimum absolute atomic E-state index is 0.0434. The van der Waals surface area contributed by atoms with Crippen LogP contribution < -0.4 is 5.32 Å². The molecule has 51 heavy (non-hydrogen) atoms. The number of aliphatic hydroxyl groups excluding tert-OH is 1. The number of rotatable bonds is 33. The largest absolute Gasteiger partial charge is 0.472 e. The van der Waals surface area contributed by atoms with Gasteiger partial charge in [0.2, 0.25) is 5.91 Å². The molecule has 0 saturated heterocycles. The van der Waals surface area contributed by atoms with Gasteiger partial charge in [0.05, 0.1) is 39.9 Å². The van der Waals surface area contributed by atoms with E-state index in [-0.39, 0.29) is 19.1 Å². The van der Waals surface area contributed by atoms with Gasteiger partial charge in [-0.25, -0.2) is 4.57 Å². The Labute approximate surface area is 312 Å². The van der Waals surface area contributed by atoms with Crippen LogP contribution in [-0.2, 0) is 18.4 Å². The first-order chi connectivity index (χ1) is 24.5. The minimum atomic E-state index is -4.35. The molecule has 1 amide bonds. The molecule has 0 heterocycles. The van der Waals surface area contributed by atoms with Gasteiger partial charge in [0.1, 0.15) is 13.2 Å². The number of amides is 1. The second-order valence-corrected chi connectivity index (χ2v) is 15.4. The minimum Gasteiger partial charge on any atom is -0.387 e. The van der Waals surface area contributed by atoms with E-state index in [4.69, 9.17) is 9.05 Å². The zero-order valence-corrected chi connectivity index (χ0v) is 33.7. The van der Waals surface area contributed by atoms with Gasteiger partial charge in [0.15, 0.2) is 0 Å². The van der Waals surface area contributed by atoms with Crippen molar-refractivity contribution in [2.75, 3.05) is 40.9 Å². The van der Waals surface area contributed by atoms with Crippen LogP contribution in [-0.4, -0.2) is 73.4 Å². The van der Waals surface area contributed by atoms with Crippen molar-refractivity contribution < 1.29 is 32.9 Å². The number of unbranched alkanes of at least 4 members (excludes halogenated alkanes) is 8. The summed E-state index contributed by atoms with van der Waals surface area (Å²) < 4.78 is 23.4. The van der Waals surface area contributed by atoms with Crippen LogP contribution >= 0.6 is 7.82 Å². The summed E-state index contributed by atoms with van der Waals surface area (Å²) in [6, 6.07) is -0.885. The number of hydrogen-bond acceptors (Lipinski definition) is 5. The van der Waals surface area contributed by atoms with E-state index in [2.05, 4.69) is 92.1 Å². The highest BCUT2D eigenvalue weighted by Gasteiger charge is 2.27. The van der Waals surface area contributed by atoms with Crippen molar-refractivity contribution in [1.82, 2.24) is 5.32 Å². The molecular formula is C42H74N2O6P+. The van der Waals surface area contributed by atoms with Gasteiger partial charge in [-0.05, 0) is 77.0 Å². The Bertz CT molecular complexity index is 1100. The molecule has 0 aliphatic heterocycles. The SMILES string of the molecule is CC/C=C\C/C=C\C/C=C\C/C=C\CCCCCCC(=O)NC(COP(=O)(O)OCC[N+](C)(C)C)C(O)/C=C/CC/C=C/CC/C=C/CCCC. The van der Waals surface area contributed by atoms with Gasteiger partial charge in [-0.3, -0.25) is 13.8 Å². The zero-order chi connectivity index (χ0) is 37.9. The normalized spacial score (nSPS) is 15.5. The molecule has 0 fully saturated rings. The van der Waals surface area contributed by atoms with Crippen LogP contribution in [0.25, 0.3) is 0 Å². The Morgan fingerprint density at radius 3 is 1.78 bits per heavy atom. The van der Waals surface area contributed by atoms with Crippen LogP contribution in [0, 0.1) is 0 Å². The van der Waals surface area contributed by atoms with Crippen molar-refractivity contribution in [3.8, 4) is 0 Å². The van der Waals surface area contributed by atoms with E-state index in [0.29, 0.717) is 17.4 Å². The summed E-state index contributed by atoms with van der Waals surface area (Å²) in [6.45, 7) is 4.55. The molecule has 9 heteroatoms. The zero-order valence-electron chi connectivity index (χ0n) is 32.8. The Morgan fingerprint density at radius 1 is 0.686 bits per heavy atom. The van der Waals surface area contributed by atoms with Crippen molar-refractivity contribution >= 4 is 13.7 Å². The van der Waals surface area contributed by atoms with Gasteiger partial charge < -0.3 is 19.8 Å². The first-order valence-corrected chi connectivity index (χ1v) is 21.0. The first-order valence-electron chi connectivity index (χ1n) is 19.5. The van der Waals surface area contributed by atoms with Crippen LogP contribution in [0.5, 0.6) is 0 Å². The maximum Gasteiger partial charge on any atom is 0.472 e. The first kappa shape index (κ1) is 48.7. The number of aliphatic hydroxyl groups is 1. The molecule has 0 rings (SSSR count). The van der Waals surface area contributed by atoms with Crippen LogP contribution in [0.2, 0.25) is 0 Å². The Balaban J connectivity index is 4.64. The molecule has 0 bridgehead atoms. The fourth-order valence-corrected chi connectivity index (χ4v) is 5.43. The second-order valence-electron chi connectivity index (χ2n) is 13.9. The third-order valence-electron chi connectivity index (χ3n) is 7.83. The molecule has 3 N–H and O–H groups in total. The lowest BCUT2D eigenvalue weighted by Crippen LogP contribution is -2.45. The average molecular weight is 734 g/mol. The third kappa shape index (κ3) is 35.9. The van der Waals surface area contributed by atoms with Crippen LogP contribution in [0.3, 0.4) is 0 Å². The molecule has 0 aromatic rings. The molecule has 0 aliphatic rings. The summed E-state index contributed by atoms with van der Waals surface area (Å²) in [5.74, 6) is -0.222. The lowest BCUT2D eigenvalue weighted by Gasteiger charge is -2.25. The van der Waals surface area contributed by atoms with Gasteiger partial charge in [-0.15, -0.1) is 0 Å². The number of phosphoric acid groups is 1. The number of phosphoric ester groups is 1. The molecule has 0 radical (unpaired) electrons. The fourth-order valence-electron chi connectivity index (χ4n) is 4.69. The maximum absolute atomic E-state index is 12.8. The number of carbonyl (C=O) groups is 1. The topological polar surface area (TPSA) is 105 Å². The van der Waals surface area contributed by atoms with Gasteiger partial charge in [0, 0.05) is 6.42 Å². The van der Waals surface area contributed by atoms with Gasteiger partial charge in [-0.1, -0.05) is 125 Å². The summed E-state index contributed by atoms with van der Waals surface area (Å²) in [4.78, 5) is 23.0. The highest BCUT2D eigenvalue weighted by molar-refractivity contribution is 7.47. The van der Waals surface area contributed by atoms with E-state index in [9.17, 15) is 19.4 Å². The lowest BCUT2D eigenvalue weighted by atomic mass is 10.1. The molecular weight excluding hydrogens is 659 g/mol. The molecule has 3 unspecified atom stereocenters. The number of hydrogen-bond donors (Lipinski definition) is 3. The Morgan fingerprint density at radius 2 is 1.20 bits per heavy atom. The number of carbonyl (C=O) groups excluding carboxylic acids is 1. The monoisotopic (exact) mass is 734 g/mol. The summed E-state index contributed by atoms with van der Waals surface area (Å²) in [7, 11) is 1.51. The molecule has 0 aromatic carbocycles. The standard InChI is InChI=1S/C42H73N2O6P/c1-6-8-10-12-14-16-18-20-21-22-23-24-26-28-30-32-34-36-42(46)43-40(39-50-51(47,48)49-38-37-44(3,4)5)41(45)35-33-31-29-27-25-19-17-15-13-11-9-7-2/h8,10,13-16,20-21,23-25,27,33,35,40-41,45H,6-7,9,11-12,17-19,22,26,28-32,34,36-39H2,1-5H3,(H-,43,46,47,48)/p+1/b10-8-,15-13+,16-14-,21-20-,24-23-,27-25+,35-33+. The molecule has 0 saturated carbocycles. The Hall–Kier alpha value is -2.32. The predicted molar refractivity (Wildman–Crippen MR) is 216 cm³/mol. The number of allylic oxidation sites excluding steroid dienone is 13. The van der Waals surface area contributed by atoms with Crippen molar-refractivity contribution in [2.45, 2.75) is 135 Å². The fraction of sp³-hybridized carbons (Fsp3) is 0.643. The maximum atomic E-state index is 12.8. The molecule has 292 valence electrons.